The van der Waals surface area contributed by atoms with Crippen LogP contribution in [0.25, 0.3) is 0 Å². The topological polar surface area (TPSA) is 26.3 Å². The molecule has 4 aromatic rings. The number of carbonyl (C=O) groups is 1. The van der Waals surface area contributed by atoms with Crippen LogP contribution in [-0.4, -0.2) is 21.2 Å². The number of allylic oxidation sites excluding steroid dienone is 1. The van der Waals surface area contributed by atoms with Crippen LogP contribution in [0.1, 0.15) is 21.5 Å². The monoisotopic (exact) mass is 458 g/mol. The Morgan fingerprint density at radius 3 is 1.91 bits per heavy atom. The third-order valence-electron chi connectivity index (χ3n) is 6.02. The third-order valence-corrected chi connectivity index (χ3v) is 10.9. The van der Waals surface area contributed by atoms with E-state index in [2.05, 4.69) is 97.3 Å². The summed E-state index contributed by atoms with van der Waals surface area (Å²) in [5.41, 5.74) is 2.37. The van der Waals surface area contributed by atoms with Crippen molar-refractivity contribution in [3.8, 4) is 11.8 Å². The lowest BCUT2D eigenvalue weighted by Gasteiger charge is -2.33. The van der Waals surface area contributed by atoms with Crippen LogP contribution >= 0.6 is 0 Å². The molecule has 3 heteroatoms. The highest BCUT2D eigenvalue weighted by atomic mass is 28.3. The molecule has 0 N–H and O–H groups in total. The molecular formula is C31H26O2Si. The van der Waals surface area contributed by atoms with Gasteiger partial charge in [0.2, 0.25) is 0 Å². The van der Waals surface area contributed by atoms with Gasteiger partial charge in [-0.05, 0) is 51.9 Å². The molecule has 34 heavy (non-hydrogen) atoms. The summed E-state index contributed by atoms with van der Waals surface area (Å²) in [6.07, 6.45) is 2.04. The van der Waals surface area contributed by atoms with Crippen molar-refractivity contribution in [3.05, 3.63) is 139 Å². The molecule has 0 aliphatic heterocycles. The maximum atomic E-state index is 11.7. The Labute approximate surface area is 202 Å². The van der Waals surface area contributed by atoms with E-state index in [1.807, 2.05) is 24.3 Å². The lowest BCUT2D eigenvalue weighted by Crippen LogP contribution is -2.67. The van der Waals surface area contributed by atoms with Crippen LogP contribution in [0.2, 0.25) is 6.04 Å². The first kappa shape index (κ1) is 23.0. The second kappa shape index (κ2) is 10.7. The van der Waals surface area contributed by atoms with Gasteiger partial charge in [0.05, 0.1) is 12.7 Å². The molecule has 0 aliphatic rings. The van der Waals surface area contributed by atoms with Gasteiger partial charge >= 0.3 is 5.97 Å². The highest BCUT2D eigenvalue weighted by Gasteiger charge is 2.39. The van der Waals surface area contributed by atoms with E-state index in [-0.39, 0.29) is 5.97 Å². The van der Waals surface area contributed by atoms with Gasteiger partial charge in [-0.15, -0.1) is 6.58 Å². The van der Waals surface area contributed by atoms with E-state index < -0.39 is 8.07 Å². The summed E-state index contributed by atoms with van der Waals surface area (Å²) in [4.78, 5) is 11.7. The number of rotatable bonds is 6. The van der Waals surface area contributed by atoms with Gasteiger partial charge in [0.15, 0.2) is 8.07 Å². The van der Waals surface area contributed by atoms with Crippen molar-refractivity contribution in [2.45, 2.75) is 6.04 Å². The van der Waals surface area contributed by atoms with Gasteiger partial charge in [-0.25, -0.2) is 4.79 Å². The van der Waals surface area contributed by atoms with Gasteiger partial charge in [-0.1, -0.05) is 96.8 Å². The smallest absolute Gasteiger partial charge is 0.337 e. The summed E-state index contributed by atoms with van der Waals surface area (Å²) in [6.45, 7) is 4.14. The number of methoxy groups -OCH3 is 1. The largest absolute Gasteiger partial charge is 0.465 e. The second-order valence-corrected chi connectivity index (χ2v) is 11.9. The van der Waals surface area contributed by atoms with Crippen molar-refractivity contribution < 1.29 is 9.53 Å². The summed E-state index contributed by atoms with van der Waals surface area (Å²) in [5.74, 6) is 6.38. The molecule has 0 spiro atoms. The number of benzene rings is 4. The van der Waals surface area contributed by atoms with Gasteiger partial charge in [-0.3, -0.25) is 0 Å². The van der Waals surface area contributed by atoms with E-state index >= 15 is 0 Å². The van der Waals surface area contributed by atoms with Crippen LogP contribution in [0, 0.1) is 11.8 Å². The molecule has 4 rings (SSSR count). The Hall–Kier alpha value is -4.13. The number of hydrogen-bond acceptors (Lipinski definition) is 2. The molecule has 0 amide bonds. The number of hydrogen-bond donors (Lipinski definition) is 0. The summed E-state index contributed by atoms with van der Waals surface area (Å²) in [7, 11) is -1.04. The third kappa shape index (κ3) is 4.64. The predicted molar refractivity (Wildman–Crippen MR) is 143 cm³/mol. The van der Waals surface area contributed by atoms with Gasteiger partial charge in [0.1, 0.15) is 0 Å². The van der Waals surface area contributed by atoms with Crippen molar-refractivity contribution in [1.29, 1.82) is 0 Å². The van der Waals surface area contributed by atoms with Crippen LogP contribution in [-0.2, 0) is 4.74 Å². The Balaban J connectivity index is 1.87. The standard InChI is InChI=1S/C31H26O2Si/c1-3-24-34(28-13-6-4-7-14-28,29-15-8-5-9-16-29)30-17-11-10-12-26(30)21-18-25-19-22-27(23-20-25)31(32)33-2/h3-17,19-20,22-23H,1,24H2,2H3. The molecule has 4 aromatic carbocycles. The van der Waals surface area contributed by atoms with E-state index in [0.717, 1.165) is 17.2 Å². The van der Waals surface area contributed by atoms with Gasteiger partial charge in [0, 0.05) is 11.1 Å². The first-order valence-corrected chi connectivity index (χ1v) is 13.4. The molecule has 0 radical (unpaired) electrons. The maximum absolute atomic E-state index is 11.7. The molecule has 2 nitrogen and oxygen atoms in total. The zero-order valence-corrected chi connectivity index (χ0v) is 20.2. The fourth-order valence-corrected chi connectivity index (χ4v) is 8.99. The van der Waals surface area contributed by atoms with Crippen molar-refractivity contribution in [1.82, 2.24) is 0 Å². The lowest BCUT2D eigenvalue weighted by atomic mass is 10.1. The summed E-state index contributed by atoms with van der Waals surface area (Å²) < 4.78 is 4.79. The van der Waals surface area contributed by atoms with E-state index in [0.29, 0.717) is 5.56 Å². The lowest BCUT2D eigenvalue weighted by molar-refractivity contribution is 0.0600. The summed E-state index contributed by atoms with van der Waals surface area (Å²) >= 11 is 0. The molecule has 0 fully saturated rings. The Kier molecular flexibility index (Phi) is 7.22. The van der Waals surface area contributed by atoms with Crippen LogP contribution in [0.3, 0.4) is 0 Å². The fraction of sp³-hybridized carbons (Fsp3) is 0.0645. The SMILES string of the molecule is C=CC[Si](c1ccccc1)(c1ccccc1)c1ccccc1C#Cc1ccc(C(=O)OC)cc1. The zero-order chi connectivity index (χ0) is 23.8. The highest BCUT2D eigenvalue weighted by Crippen LogP contribution is 2.16. The van der Waals surface area contributed by atoms with E-state index in [1.54, 1.807) is 12.1 Å². The molecule has 0 bridgehead atoms. The normalized spacial score (nSPS) is 10.6. The van der Waals surface area contributed by atoms with Crippen molar-refractivity contribution in [2.75, 3.05) is 7.11 Å². The van der Waals surface area contributed by atoms with Gasteiger partial charge < -0.3 is 4.74 Å². The summed E-state index contributed by atoms with van der Waals surface area (Å²) in [6, 6.07) is 38.0. The molecule has 0 unspecified atom stereocenters. The molecule has 166 valence electrons. The molecule has 0 atom stereocenters. The van der Waals surface area contributed by atoms with Gasteiger partial charge in [0.25, 0.3) is 0 Å². The second-order valence-electron chi connectivity index (χ2n) is 7.99. The highest BCUT2D eigenvalue weighted by molar-refractivity contribution is 7.12. The number of carbonyl (C=O) groups excluding carboxylic acids is 1. The molecule has 0 saturated carbocycles. The minimum atomic E-state index is -2.42. The first-order valence-electron chi connectivity index (χ1n) is 11.2. The first-order chi connectivity index (χ1) is 16.7. The Morgan fingerprint density at radius 2 is 1.35 bits per heavy atom. The quantitative estimate of drug-likeness (QED) is 0.140. The molecule has 0 heterocycles. The van der Waals surface area contributed by atoms with Crippen LogP contribution in [0.4, 0.5) is 0 Å². The fourth-order valence-electron chi connectivity index (χ4n) is 4.40. The average Bonchev–Trinajstić information content (AvgIpc) is 2.91. The number of ether oxygens (including phenoxy) is 1. The molecule has 0 saturated heterocycles. The summed E-state index contributed by atoms with van der Waals surface area (Å²) in [5, 5.41) is 3.93. The zero-order valence-electron chi connectivity index (χ0n) is 19.2. The maximum Gasteiger partial charge on any atom is 0.337 e. The Morgan fingerprint density at radius 1 is 0.794 bits per heavy atom. The van der Waals surface area contributed by atoms with Crippen molar-refractivity contribution in [2.24, 2.45) is 0 Å². The van der Waals surface area contributed by atoms with Crippen LogP contribution < -0.4 is 15.6 Å². The van der Waals surface area contributed by atoms with E-state index in [9.17, 15) is 4.79 Å². The predicted octanol–water partition coefficient (Wildman–Crippen LogP) is 4.53. The minimum absolute atomic E-state index is 0.351. The average molecular weight is 459 g/mol. The van der Waals surface area contributed by atoms with E-state index in [4.69, 9.17) is 4.74 Å². The molecule has 0 aliphatic carbocycles. The molecule has 0 aromatic heterocycles. The number of esters is 1. The van der Waals surface area contributed by atoms with Crippen molar-refractivity contribution in [3.63, 3.8) is 0 Å². The minimum Gasteiger partial charge on any atom is -0.465 e. The van der Waals surface area contributed by atoms with Gasteiger partial charge in [-0.2, -0.15) is 0 Å². The molecular weight excluding hydrogens is 432 g/mol. The Bertz CT molecular complexity index is 1290. The van der Waals surface area contributed by atoms with Crippen LogP contribution in [0.15, 0.2) is 122 Å². The van der Waals surface area contributed by atoms with E-state index in [1.165, 1.54) is 22.7 Å². The van der Waals surface area contributed by atoms with Crippen LogP contribution in [0.5, 0.6) is 0 Å². The van der Waals surface area contributed by atoms with Crippen molar-refractivity contribution >= 4 is 29.6 Å².